The number of halogens is 2. The van der Waals surface area contributed by atoms with Crippen LogP contribution < -0.4 is 5.32 Å². The maximum atomic E-state index is 13.2. The number of amides is 1. The summed E-state index contributed by atoms with van der Waals surface area (Å²) in [6, 6.07) is 11.3. The number of hydrogen-bond donors (Lipinski definition) is 1. The number of esters is 1. The Morgan fingerprint density at radius 1 is 1.04 bits per heavy atom. The van der Waals surface area contributed by atoms with Crippen LogP contribution in [0.3, 0.4) is 0 Å². The number of carbonyl (C=O) groups is 3. The summed E-state index contributed by atoms with van der Waals surface area (Å²) < 4.78 is 30.9. The summed E-state index contributed by atoms with van der Waals surface area (Å²) in [5, 5.41) is 2.33. The van der Waals surface area contributed by atoms with Crippen LogP contribution in [0.25, 0.3) is 6.08 Å². The summed E-state index contributed by atoms with van der Waals surface area (Å²) in [7, 11) is 0. The van der Waals surface area contributed by atoms with E-state index in [4.69, 9.17) is 4.74 Å². The molecular weight excluding hydrogens is 344 g/mol. The summed E-state index contributed by atoms with van der Waals surface area (Å²) in [4.78, 5) is 35.4. The van der Waals surface area contributed by atoms with E-state index >= 15 is 0 Å². The van der Waals surface area contributed by atoms with Crippen molar-refractivity contribution in [2.75, 3.05) is 6.61 Å². The van der Waals surface area contributed by atoms with Gasteiger partial charge in [0.25, 0.3) is 0 Å². The zero-order valence-corrected chi connectivity index (χ0v) is 13.8. The minimum atomic E-state index is -1.18. The first-order valence-electron chi connectivity index (χ1n) is 7.56. The van der Waals surface area contributed by atoms with Crippen LogP contribution in [0.2, 0.25) is 0 Å². The third-order valence-electron chi connectivity index (χ3n) is 3.22. The van der Waals surface area contributed by atoms with Crippen LogP contribution in [0.4, 0.5) is 8.78 Å². The molecule has 2 aromatic rings. The SMILES string of the molecule is CC(=O)N/C(=C\c1ccccc1)C(=O)OCC(=O)c1ccc(F)c(F)c1. The molecule has 0 aliphatic heterocycles. The Hall–Kier alpha value is -3.35. The number of rotatable bonds is 6. The number of Topliss-reactive ketones (excluding diaryl/α,β-unsaturated/α-hetero) is 1. The number of hydrogen-bond acceptors (Lipinski definition) is 4. The standard InChI is InChI=1S/C19H15F2NO4/c1-12(23)22-17(9-13-5-3-2-4-6-13)19(25)26-11-18(24)14-7-8-15(20)16(21)10-14/h2-10H,11H2,1H3,(H,22,23)/b17-9-. The third-order valence-corrected chi connectivity index (χ3v) is 3.22. The van der Waals surface area contributed by atoms with E-state index in [2.05, 4.69) is 5.32 Å². The predicted octanol–water partition coefficient (Wildman–Crippen LogP) is 2.87. The van der Waals surface area contributed by atoms with E-state index in [1.54, 1.807) is 30.3 Å². The zero-order valence-electron chi connectivity index (χ0n) is 13.8. The molecule has 0 bridgehead atoms. The number of carbonyl (C=O) groups excluding carboxylic acids is 3. The molecule has 0 saturated heterocycles. The Morgan fingerprint density at radius 2 is 1.73 bits per heavy atom. The average molecular weight is 359 g/mol. The number of ether oxygens (including phenoxy) is 1. The molecule has 134 valence electrons. The third kappa shape index (κ3) is 5.34. The second-order valence-corrected chi connectivity index (χ2v) is 5.28. The summed E-state index contributed by atoms with van der Waals surface area (Å²) in [6.45, 7) is 0.536. The minimum Gasteiger partial charge on any atom is -0.453 e. The average Bonchev–Trinajstić information content (AvgIpc) is 2.61. The van der Waals surface area contributed by atoms with Gasteiger partial charge in [0.15, 0.2) is 24.0 Å². The number of benzene rings is 2. The zero-order chi connectivity index (χ0) is 19.1. The second-order valence-electron chi connectivity index (χ2n) is 5.28. The Labute approximate surface area is 148 Å². The van der Waals surface area contributed by atoms with Crippen molar-refractivity contribution in [1.29, 1.82) is 0 Å². The van der Waals surface area contributed by atoms with E-state index in [1.165, 1.54) is 13.0 Å². The lowest BCUT2D eigenvalue weighted by Gasteiger charge is -2.09. The molecular formula is C19H15F2NO4. The smallest absolute Gasteiger partial charge is 0.355 e. The van der Waals surface area contributed by atoms with Crippen LogP contribution >= 0.6 is 0 Å². The number of nitrogens with one attached hydrogen (secondary N) is 1. The summed E-state index contributed by atoms with van der Waals surface area (Å²) in [6.07, 6.45) is 1.39. The maximum Gasteiger partial charge on any atom is 0.355 e. The normalized spacial score (nSPS) is 11.0. The predicted molar refractivity (Wildman–Crippen MR) is 89.9 cm³/mol. The van der Waals surface area contributed by atoms with Gasteiger partial charge in [0, 0.05) is 12.5 Å². The summed E-state index contributed by atoms with van der Waals surface area (Å²) >= 11 is 0. The molecule has 7 heteroatoms. The van der Waals surface area contributed by atoms with E-state index < -0.39 is 35.9 Å². The fourth-order valence-electron chi connectivity index (χ4n) is 2.01. The molecule has 0 aliphatic carbocycles. The minimum absolute atomic E-state index is 0.134. The first-order chi connectivity index (χ1) is 12.4. The molecule has 2 rings (SSSR count). The first-order valence-corrected chi connectivity index (χ1v) is 7.56. The number of ketones is 1. The Morgan fingerprint density at radius 3 is 2.35 bits per heavy atom. The van der Waals surface area contributed by atoms with Crippen molar-refractivity contribution < 1.29 is 27.9 Å². The van der Waals surface area contributed by atoms with Gasteiger partial charge in [-0.05, 0) is 29.8 Å². The van der Waals surface area contributed by atoms with Crippen LogP contribution in [-0.2, 0) is 14.3 Å². The largest absolute Gasteiger partial charge is 0.453 e. The molecule has 26 heavy (non-hydrogen) atoms. The highest BCUT2D eigenvalue weighted by molar-refractivity contribution is 6.01. The molecule has 0 radical (unpaired) electrons. The molecule has 1 N–H and O–H groups in total. The van der Waals surface area contributed by atoms with Gasteiger partial charge in [-0.1, -0.05) is 30.3 Å². The molecule has 2 aromatic carbocycles. The quantitative estimate of drug-likeness (QED) is 0.489. The molecule has 0 fully saturated rings. The molecule has 0 spiro atoms. The lowest BCUT2D eigenvalue weighted by Crippen LogP contribution is -2.27. The fraction of sp³-hybridized carbons (Fsp3) is 0.105. The van der Waals surface area contributed by atoms with Crippen molar-refractivity contribution in [1.82, 2.24) is 5.32 Å². The Kier molecular flexibility index (Phi) is 6.32. The van der Waals surface area contributed by atoms with Gasteiger partial charge in [-0.3, -0.25) is 9.59 Å². The highest BCUT2D eigenvalue weighted by atomic mass is 19.2. The van der Waals surface area contributed by atoms with Crippen LogP contribution in [0.15, 0.2) is 54.2 Å². The highest BCUT2D eigenvalue weighted by Crippen LogP contribution is 2.10. The highest BCUT2D eigenvalue weighted by Gasteiger charge is 2.16. The Balaban J connectivity index is 2.09. The molecule has 0 atom stereocenters. The maximum absolute atomic E-state index is 13.2. The van der Waals surface area contributed by atoms with Gasteiger partial charge in [0.2, 0.25) is 5.91 Å². The van der Waals surface area contributed by atoms with Gasteiger partial charge in [-0.25, -0.2) is 13.6 Å². The lowest BCUT2D eigenvalue weighted by atomic mass is 10.1. The van der Waals surface area contributed by atoms with Crippen molar-refractivity contribution in [3.63, 3.8) is 0 Å². The van der Waals surface area contributed by atoms with Crippen molar-refractivity contribution >= 4 is 23.7 Å². The van der Waals surface area contributed by atoms with Crippen molar-refractivity contribution in [2.24, 2.45) is 0 Å². The van der Waals surface area contributed by atoms with Crippen LogP contribution in [0, 0.1) is 11.6 Å². The fourth-order valence-corrected chi connectivity index (χ4v) is 2.01. The van der Waals surface area contributed by atoms with E-state index in [-0.39, 0.29) is 11.3 Å². The van der Waals surface area contributed by atoms with E-state index in [0.717, 1.165) is 18.2 Å². The lowest BCUT2D eigenvalue weighted by molar-refractivity contribution is -0.139. The van der Waals surface area contributed by atoms with Crippen LogP contribution in [0.5, 0.6) is 0 Å². The van der Waals surface area contributed by atoms with Gasteiger partial charge >= 0.3 is 5.97 Å². The second kappa shape index (κ2) is 8.66. The summed E-state index contributed by atoms with van der Waals surface area (Å²) in [5.41, 5.74) is 0.353. The van der Waals surface area contributed by atoms with Crippen molar-refractivity contribution in [3.8, 4) is 0 Å². The van der Waals surface area contributed by atoms with Gasteiger partial charge < -0.3 is 10.1 Å². The van der Waals surface area contributed by atoms with Crippen molar-refractivity contribution in [2.45, 2.75) is 6.92 Å². The molecule has 0 aliphatic rings. The van der Waals surface area contributed by atoms with E-state index in [1.807, 2.05) is 0 Å². The van der Waals surface area contributed by atoms with Crippen molar-refractivity contribution in [3.05, 3.63) is 77.0 Å². The molecule has 0 aromatic heterocycles. The van der Waals surface area contributed by atoms with Crippen LogP contribution in [-0.4, -0.2) is 24.3 Å². The Bertz CT molecular complexity index is 863. The first kappa shape index (κ1) is 19.0. The van der Waals surface area contributed by atoms with Crippen LogP contribution in [0.1, 0.15) is 22.8 Å². The van der Waals surface area contributed by atoms with E-state index in [0.29, 0.717) is 5.56 Å². The van der Waals surface area contributed by atoms with E-state index in [9.17, 15) is 23.2 Å². The van der Waals surface area contributed by atoms with Gasteiger partial charge in [-0.15, -0.1) is 0 Å². The topological polar surface area (TPSA) is 72.5 Å². The molecule has 0 unspecified atom stereocenters. The molecule has 0 heterocycles. The summed E-state index contributed by atoms with van der Waals surface area (Å²) in [5.74, 6) is -4.39. The van der Waals surface area contributed by atoms with Gasteiger partial charge in [-0.2, -0.15) is 0 Å². The monoisotopic (exact) mass is 359 g/mol. The molecule has 1 amide bonds. The molecule has 0 saturated carbocycles. The van der Waals surface area contributed by atoms with Gasteiger partial charge in [0.1, 0.15) is 5.70 Å². The molecule has 5 nitrogen and oxygen atoms in total. The van der Waals surface area contributed by atoms with Gasteiger partial charge in [0.05, 0.1) is 0 Å².